The summed E-state index contributed by atoms with van der Waals surface area (Å²) in [6, 6.07) is 3.43. The Balaban J connectivity index is 0.00000147. The third-order valence-corrected chi connectivity index (χ3v) is 4.49. The number of carbonyl (C=O) groups is 1. The fourth-order valence-corrected chi connectivity index (χ4v) is 3.11. The van der Waals surface area contributed by atoms with Crippen LogP contribution in [0, 0.1) is 11.3 Å². The Bertz CT molecular complexity index is 564. The summed E-state index contributed by atoms with van der Waals surface area (Å²) in [6.07, 6.45) is 4.78. The Hall–Kier alpha value is -1.33. The molecule has 1 amide bonds. The number of amides is 1. The summed E-state index contributed by atoms with van der Waals surface area (Å²) in [7, 11) is 1.68. The molecule has 1 aromatic rings. The lowest BCUT2D eigenvalue weighted by Gasteiger charge is -2.23. The Morgan fingerprint density at radius 3 is 2.85 bits per heavy atom. The van der Waals surface area contributed by atoms with Crippen molar-refractivity contribution in [2.45, 2.75) is 19.3 Å². The predicted octanol–water partition coefficient (Wildman–Crippen LogP) is 1.14. The highest BCUT2D eigenvalue weighted by Crippen LogP contribution is 2.58. The molecule has 1 saturated carbocycles. The molecule has 2 heterocycles. The van der Waals surface area contributed by atoms with Gasteiger partial charge < -0.3 is 15.2 Å². The molecule has 0 radical (unpaired) electrons. The van der Waals surface area contributed by atoms with E-state index in [2.05, 4.69) is 10.6 Å². The van der Waals surface area contributed by atoms with Gasteiger partial charge in [0.05, 0.1) is 0 Å². The van der Waals surface area contributed by atoms with E-state index in [-0.39, 0.29) is 35.2 Å². The average Bonchev–Trinajstić information content (AvgIpc) is 3.09. The molecule has 3 rings (SSSR count). The molecule has 0 bridgehead atoms. The van der Waals surface area contributed by atoms with Crippen LogP contribution in [0.5, 0.6) is 0 Å². The zero-order chi connectivity index (χ0) is 13.5. The third kappa shape index (κ3) is 2.60. The zero-order valence-corrected chi connectivity index (χ0v) is 12.3. The van der Waals surface area contributed by atoms with Crippen molar-refractivity contribution in [1.82, 2.24) is 9.88 Å². The number of hydrogen-bond donors (Lipinski definition) is 2. The molecule has 1 aliphatic carbocycles. The number of aryl methyl sites for hydroxylation is 1. The summed E-state index contributed by atoms with van der Waals surface area (Å²) < 4.78 is 1.48. The number of anilines is 1. The molecule has 1 aromatic heterocycles. The van der Waals surface area contributed by atoms with Gasteiger partial charge in [0, 0.05) is 19.2 Å². The van der Waals surface area contributed by atoms with Gasteiger partial charge in [0.25, 0.3) is 5.56 Å². The van der Waals surface area contributed by atoms with Crippen LogP contribution in [0.15, 0.2) is 23.1 Å². The van der Waals surface area contributed by atoms with E-state index >= 15 is 0 Å². The summed E-state index contributed by atoms with van der Waals surface area (Å²) in [5.74, 6) is 0.0877. The molecule has 20 heavy (non-hydrogen) atoms. The van der Waals surface area contributed by atoms with Gasteiger partial charge in [-0.05, 0) is 49.9 Å². The molecule has 1 saturated heterocycles. The maximum absolute atomic E-state index is 12.2. The van der Waals surface area contributed by atoms with E-state index in [9.17, 15) is 9.59 Å². The summed E-state index contributed by atoms with van der Waals surface area (Å²) in [5, 5.41) is 6.11. The molecular weight excluding hydrogens is 278 g/mol. The second-order valence-corrected chi connectivity index (χ2v) is 5.70. The highest BCUT2D eigenvalue weighted by atomic mass is 35.5. The first kappa shape index (κ1) is 15.1. The molecule has 2 aliphatic rings. The van der Waals surface area contributed by atoms with Gasteiger partial charge in [0.1, 0.15) is 5.69 Å². The van der Waals surface area contributed by atoms with Crippen molar-refractivity contribution in [3.8, 4) is 0 Å². The molecular formula is C14H20ClN3O2. The van der Waals surface area contributed by atoms with E-state index in [1.165, 1.54) is 4.57 Å². The van der Waals surface area contributed by atoms with Gasteiger partial charge in [-0.3, -0.25) is 9.59 Å². The van der Waals surface area contributed by atoms with Crippen LogP contribution < -0.4 is 16.2 Å². The summed E-state index contributed by atoms with van der Waals surface area (Å²) >= 11 is 0. The number of pyridine rings is 1. The number of hydrogen-bond acceptors (Lipinski definition) is 3. The monoisotopic (exact) mass is 297 g/mol. The first-order chi connectivity index (χ1) is 9.12. The molecule has 5 nitrogen and oxygen atoms in total. The van der Waals surface area contributed by atoms with Crippen molar-refractivity contribution in [2.24, 2.45) is 18.4 Å². The number of nitrogens with zero attached hydrogens (tertiary/aromatic N) is 1. The summed E-state index contributed by atoms with van der Waals surface area (Å²) in [6.45, 7) is 1.99. The highest BCUT2D eigenvalue weighted by molar-refractivity contribution is 5.94. The van der Waals surface area contributed by atoms with E-state index in [1.54, 1.807) is 25.4 Å². The largest absolute Gasteiger partial charge is 0.321 e. The van der Waals surface area contributed by atoms with Crippen molar-refractivity contribution >= 4 is 24.0 Å². The molecule has 6 heteroatoms. The van der Waals surface area contributed by atoms with Gasteiger partial charge in [0.15, 0.2) is 0 Å². The normalized spacial score (nSPS) is 22.9. The Morgan fingerprint density at radius 1 is 1.45 bits per heavy atom. The van der Waals surface area contributed by atoms with Gasteiger partial charge in [-0.1, -0.05) is 0 Å². The topological polar surface area (TPSA) is 63.1 Å². The van der Waals surface area contributed by atoms with Crippen LogP contribution in [-0.4, -0.2) is 23.6 Å². The van der Waals surface area contributed by atoms with Crippen LogP contribution in [0.4, 0.5) is 5.69 Å². The van der Waals surface area contributed by atoms with Crippen molar-refractivity contribution in [2.75, 3.05) is 18.4 Å². The number of piperidine rings is 1. The number of rotatable bonds is 2. The maximum atomic E-state index is 12.2. The minimum Gasteiger partial charge on any atom is -0.321 e. The smallest absolute Gasteiger partial charge is 0.274 e. The van der Waals surface area contributed by atoms with Crippen LogP contribution in [0.25, 0.3) is 0 Å². The molecule has 110 valence electrons. The lowest BCUT2D eigenvalue weighted by atomic mass is 9.92. The second kappa shape index (κ2) is 5.58. The van der Waals surface area contributed by atoms with Gasteiger partial charge in [-0.2, -0.15) is 0 Å². The minimum absolute atomic E-state index is 0. The second-order valence-electron chi connectivity index (χ2n) is 5.70. The van der Waals surface area contributed by atoms with Crippen molar-refractivity contribution in [3.63, 3.8) is 0 Å². The number of nitrogens with one attached hydrogen (secondary N) is 2. The van der Waals surface area contributed by atoms with Crippen LogP contribution in [0.1, 0.15) is 19.3 Å². The van der Waals surface area contributed by atoms with Crippen LogP contribution in [-0.2, 0) is 11.8 Å². The quantitative estimate of drug-likeness (QED) is 0.860. The lowest BCUT2D eigenvalue weighted by Crippen LogP contribution is -2.32. The van der Waals surface area contributed by atoms with E-state index in [1.807, 2.05) is 0 Å². The molecule has 2 N–H and O–H groups in total. The summed E-state index contributed by atoms with van der Waals surface area (Å²) in [5.41, 5.74) is 0.428. The highest BCUT2D eigenvalue weighted by Gasteiger charge is 2.57. The molecule has 0 aromatic carbocycles. The standard InChI is InChI=1S/C14H19N3O2.ClH/c1-17-8-2-3-11(13(17)19)16-12(18)10-9-14(10)4-6-15-7-5-14;/h2-3,8,10,15H,4-7,9H2,1H3,(H,16,18);1H. The van der Waals surface area contributed by atoms with E-state index in [4.69, 9.17) is 0 Å². The van der Waals surface area contributed by atoms with Crippen LogP contribution in [0.3, 0.4) is 0 Å². The Morgan fingerprint density at radius 2 is 2.15 bits per heavy atom. The number of aromatic nitrogens is 1. The van der Waals surface area contributed by atoms with Crippen LogP contribution in [0.2, 0.25) is 0 Å². The first-order valence-electron chi connectivity index (χ1n) is 6.80. The fourth-order valence-electron chi connectivity index (χ4n) is 3.11. The Labute approximate surface area is 124 Å². The van der Waals surface area contributed by atoms with Crippen molar-refractivity contribution < 1.29 is 4.79 Å². The van der Waals surface area contributed by atoms with Gasteiger partial charge >= 0.3 is 0 Å². The maximum Gasteiger partial charge on any atom is 0.274 e. The van der Waals surface area contributed by atoms with E-state index in [0.717, 1.165) is 32.4 Å². The van der Waals surface area contributed by atoms with Crippen molar-refractivity contribution in [1.29, 1.82) is 0 Å². The minimum atomic E-state index is -0.157. The SMILES string of the molecule is Cl.Cn1cccc(NC(=O)C2CC23CCNCC3)c1=O. The lowest BCUT2D eigenvalue weighted by molar-refractivity contribution is -0.118. The van der Waals surface area contributed by atoms with Crippen LogP contribution >= 0.6 is 12.4 Å². The predicted molar refractivity (Wildman–Crippen MR) is 80.2 cm³/mol. The number of carbonyl (C=O) groups excluding carboxylic acids is 1. The molecule has 2 fully saturated rings. The third-order valence-electron chi connectivity index (χ3n) is 4.49. The molecule has 1 aliphatic heterocycles. The van der Waals surface area contributed by atoms with Crippen molar-refractivity contribution in [3.05, 3.63) is 28.7 Å². The fraction of sp³-hybridized carbons (Fsp3) is 0.571. The summed E-state index contributed by atoms with van der Waals surface area (Å²) in [4.78, 5) is 24.1. The zero-order valence-electron chi connectivity index (χ0n) is 11.5. The Kier molecular flexibility index (Phi) is 4.20. The van der Waals surface area contributed by atoms with E-state index in [0.29, 0.717) is 5.69 Å². The van der Waals surface area contributed by atoms with Gasteiger partial charge in [-0.25, -0.2) is 0 Å². The van der Waals surface area contributed by atoms with E-state index < -0.39 is 0 Å². The molecule has 1 unspecified atom stereocenters. The van der Waals surface area contributed by atoms with Gasteiger partial charge in [0.2, 0.25) is 5.91 Å². The average molecular weight is 298 g/mol. The van der Waals surface area contributed by atoms with Gasteiger partial charge in [-0.15, -0.1) is 12.4 Å². The first-order valence-corrected chi connectivity index (χ1v) is 6.80. The number of halogens is 1. The molecule has 1 spiro atoms. The molecule has 1 atom stereocenters.